The van der Waals surface area contributed by atoms with Gasteiger partial charge in [-0.05, 0) is 32.3 Å². The fourth-order valence-electron chi connectivity index (χ4n) is 4.28. The first-order valence-corrected chi connectivity index (χ1v) is 13.9. The van der Waals surface area contributed by atoms with Gasteiger partial charge in [0, 0.05) is 5.41 Å². The van der Waals surface area contributed by atoms with Crippen LogP contribution < -0.4 is 5.09 Å². The molecule has 1 aliphatic heterocycles. The molecule has 0 spiro atoms. The number of benzene rings is 1. The second-order valence-corrected chi connectivity index (χ2v) is 12.7. The van der Waals surface area contributed by atoms with Crippen molar-refractivity contribution in [2.45, 2.75) is 71.2 Å². The lowest BCUT2D eigenvalue weighted by Gasteiger charge is -2.50. The van der Waals surface area contributed by atoms with Crippen molar-refractivity contribution in [1.29, 1.82) is 0 Å². The van der Waals surface area contributed by atoms with Crippen molar-refractivity contribution < 1.29 is 27.2 Å². The van der Waals surface area contributed by atoms with Gasteiger partial charge in [0.25, 0.3) is 0 Å². The van der Waals surface area contributed by atoms with Crippen LogP contribution in [0.1, 0.15) is 71.5 Å². The summed E-state index contributed by atoms with van der Waals surface area (Å²) in [6.07, 6.45) is 3.33. The lowest BCUT2D eigenvalue weighted by atomic mass is 9.83. The minimum absolute atomic E-state index is 0.214. The molecule has 0 radical (unpaired) electrons. The molecule has 9 heteroatoms. The molecule has 1 saturated carbocycles. The van der Waals surface area contributed by atoms with E-state index in [9.17, 15) is 9.13 Å². The van der Waals surface area contributed by atoms with E-state index in [1.54, 1.807) is 13.8 Å². The highest BCUT2D eigenvalue weighted by Crippen LogP contribution is 2.72. The van der Waals surface area contributed by atoms with Gasteiger partial charge in [0.1, 0.15) is 5.28 Å². The second-order valence-electron chi connectivity index (χ2n) is 8.69. The molecular weight excluding hydrogens is 424 g/mol. The highest BCUT2D eigenvalue weighted by molar-refractivity contribution is 7.58. The highest BCUT2D eigenvalue weighted by Gasteiger charge is 2.59. The Morgan fingerprint density at radius 3 is 2.27 bits per heavy atom. The van der Waals surface area contributed by atoms with Crippen molar-refractivity contribution in [3.05, 3.63) is 35.9 Å². The van der Waals surface area contributed by atoms with E-state index in [1.807, 2.05) is 44.2 Å². The molecule has 1 aliphatic carbocycles. The SMILES string of the molecule is CCOP(=O)(NC1(P2(=O)OCC(C)(C)C(c3ccccc3)O2)CCCCC1)OCC. The molecule has 1 N–H and O–H groups in total. The van der Waals surface area contributed by atoms with E-state index in [1.165, 1.54) is 0 Å². The molecule has 0 amide bonds. The summed E-state index contributed by atoms with van der Waals surface area (Å²) in [7, 11) is -7.38. The van der Waals surface area contributed by atoms with Gasteiger partial charge in [-0.25, -0.2) is 9.65 Å². The third-order valence-corrected chi connectivity index (χ3v) is 10.5. The predicted octanol–water partition coefficient (Wildman–Crippen LogP) is 6.42. The number of nitrogens with one attached hydrogen (secondary N) is 1. The van der Waals surface area contributed by atoms with Gasteiger partial charge in [-0.15, -0.1) is 0 Å². The van der Waals surface area contributed by atoms with E-state index >= 15 is 0 Å². The van der Waals surface area contributed by atoms with Crippen LogP contribution in [0.5, 0.6) is 0 Å². The van der Waals surface area contributed by atoms with Crippen LogP contribution in [0.25, 0.3) is 0 Å². The molecule has 0 aromatic heterocycles. The van der Waals surface area contributed by atoms with Gasteiger partial charge < -0.3 is 4.52 Å². The van der Waals surface area contributed by atoms with E-state index in [4.69, 9.17) is 18.1 Å². The summed E-state index contributed by atoms with van der Waals surface area (Å²) in [5, 5.41) is 1.95. The van der Waals surface area contributed by atoms with Crippen LogP contribution in [-0.4, -0.2) is 25.1 Å². The zero-order valence-electron chi connectivity index (χ0n) is 18.5. The highest BCUT2D eigenvalue weighted by atomic mass is 31.2. The molecule has 2 aliphatic rings. The van der Waals surface area contributed by atoms with E-state index in [0.29, 0.717) is 12.8 Å². The maximum Gasteiger partial charge on any atom is 0.406 e. The van der Waals surface area contributed by atoms with Crippen molar-refractivity contribution in [1.82, 2.24) is 5.09 Å². The summed E-state index contributed by atoms with van der Waals surface area (Å²) in [6, 6.07) is 9.80. The fourth-order valence-corrected chi connectivity index (χ4v) is 9.32. The van der Waals surface area contributed by atoms with Gasteiger partial charge in [0.2, 0.25) is 0 Å². The van der Waals surface area contributed by atoms with Crippen molar-refractivity contribution in [2.24, 2.45) is 5.41 Å². The zero-order chi connectivity index (χ0) is 21.9. The molecule has 2 fully saturated rings. The van der Waals surface area contributed by atoms with Gasteiger partial charge >= 0.3 is 15.3 Å². The second kappa shape index (κ2) is 9.54. The average molecular weight is 459 g/mol. The third kappa shape index (κ3) is 4.94. The Labute approximate surface area is 180 Å². The van der Waals surface area contributed by atoms with Gasteiger partial charge in [-0.2, -0.15) is 0 Å². The Bertz CT molecular complexity index is 784. The average Bonchev–Trinajstić information content (AvgIpc) is 2.71. The first kappa shape index (κ1) is 24.1. The fraction of sp³-hybridized carbons (Fsp3) is 0.714. The summed E-state index contributed by atoms with van der Waals surface area (Å²) in [6.45, 7) is 8.30. The standard InChI is InChI=1S/C21H35NO6P2/c1-5-25-30(24,26-6-2)22-21(15-11-8-12-16-21)29(23)27-17-20(3,4)19(28-29)18-13-9-7-10-14-18/h7,9-10,13-14,19H,5-6,8,11-12,15-17H2,1-4H3,(H,22,24). The summed E-state index contributed by atoms with van der Waals surface area (Å²) < 4.78 is 51.0. The molecular formula is C21H35NO6P2. The van der Waals surface area contributed by atoms with E-state index in [-0.39, 0.29) is 25.2 Å². The van der Waals surface area contributed by atoms with Crippen molar-refractivity contribution in [3.63, 3.8) is 0 Å². The number of rotatable bonds is 8. The quantitative estimate of drug-likeness (QED) is 0.449. The molecule has 7 nitrogen and oxygen atoms in total. The largest absolute Gasteiger partial charge is 0.406 e. The molecule has 0 bridgehead atoms. The van der Waals surface area contributed by atoms with Gasteiger partial charge in [0.05, 0.1) is 25.9 Å². The van der Waals surface area contributed by atoms with Crippen molar-refractivity contribution >= 4 is 15.3 Å². The van der Waals surface area contributed by atoms with Gasteiger partial charge in [0.15, 0.2) is 0 Å². The normalized spacial score (nSPS) is 28.9. The number of hydrogen-bond acceptors (Lipinski definition) is 6. The molecule has 3 rings (SSSR count). The molecule has 1 aromatic rings. The molecule has 2 atom stereocenters. The number of hydrogen-bond donors (Lipinski definition) is 1. The minimum atomic E-state index is -3.71. The summed E-state index contributed by atoms with van der Waals surface area (Å²) in [5.74, 6) is 0. The van der Waals surface area contributed by atoms with E-state index in [2.05, 4.69) is 5.09 Å². The van der Waals surface area contributed by atoms with Crippen LogP contribution in [0.3, 0.4) is 0 Å². The van der Waals surface area contributed by atoms with Gasteiger partial charge in [-0.1, -0.05) is 63.4 Å². The van der Waals surface area contributed by atoms with E-state index < -0.39 is 26.7 Å². The Morgan fingerprint density at radius 2 is 1.70 bits per heavy atom. The monoisotopic (exact) mass is 459 g/mol. The van der Waals surface area contributed by atoms with E-state index in [0.717, 1.165) is 24.8 Å². The molecule has 1 heterocycles. The topological polar surface area (TPSA) is 83.1 Å². The van der Waals surface area contributed by atoms with Crippen molar-refractivity contribution in [3.8, 4) is 0 Å². The van der Waals surface area contributed by atoms with Crippen LogP contribution >= 0.6 is 15.3 Å². The first-order valence-electron chi connectivity index (χ1n) is 10.9. The Kier molecular flexibility index (Phi) is 7.67. The van der Waals surface area contributed by atoms with Gasteiger partial charge in [-0.3, -0.25) is 18.1 Å². The molecule has 1 aromatic carbocycles. The van der Waals surface area contributed by atoms with Crippen LogP contribution in [-0.2, 0) is 27.2 Å². The Morgan fingerprint density at radius 1 is 1.10 bits per heavy atom. The zero-order valence-corrected chi connectivity index (χ0v) is 20.3. The first-order chi connectivity index (χ1) is 14.2. The summed E-state index contributed by atoms with van der Waals surface area (Å²) >= 11 is 0. The lowest BCUT2D eigenvalue weighted by molar-refractivity contribution is -0.0369. The van der Waals surface area contributed by atoms with Crippen molar-refractivity contribution in [2.75, 3.05) is 19.8 Å². The summed E-state index contributed by atoms with van der Waals surface area (Å²) in [4.78, 5) is 0. The predicted molar refractivity (Wildman–Crippen MR) is 117 cm³/mol. The smallest absolute Gasteiger partial charge is 0.307 e. The molecule has 170 valence electrons. The maximum absolute atomic E-state index is 14.3. The molecule has 2 unspecified atom stereocenters. The van der Waals surface area contributed by atoms with Crippen LogP contribution in [0.15, 0.2) is 30.3 Å². The minimum Gasteiger partial charge on any atom is -0.307 e. The third-order valence-electron chi connectivity index (χ3n) is 5.81. The molecule has 30 heavy (non-hydrogen) atoms. The Balaban J connectivity index is 1.98. The van der Waals surface area contributed by atoms with Crippen LogP contribution in [0, 0.1) is 5.41 Å². The lowest BCUT2D eigenvalue weighted by Crippen LogP contribution is -2.49. The van der Waals surface area contributed by atoms with Crippen LogP contribution in [0.2, 0.25) is 0 Å². The molecule has 1 saturated heterocycles. The Hall–Kier alpha value is -0.520. The maximum atomic E-state index is 14.3. The summed E-state index contributed by atoms with van der Waals surface area (Å²) in [5.41, 5.74) is 0.587. The van der Waals surface area contributed by atoms with Crippen LogP contribution in [0.4, 0.5) is 0 Å².